The largest absolute Gasteiger partial charge is 0.481 e. The number of halogens is 3. The van der Waals surface area contributed by atoms with E-state index in [9.17, 15) is 4.79 Å². The van der Waals surface area contributed by atoms with Gasteiger partial charge in [0.15, 0.2) is 5.16 Å². The molecule has 0 aromatic carbocycles. The number of thioether (sulfide) groups is 1. The van der Waals surface area contributed by atoms with E-state index < -0.39 is 5.97 Å². The Morgan fingerprint density at radius 2 is 2.11 bits per heavy atom. The normalized spacial score (nSPS) is 21.4. The molecule has 0 aliphatic heterocycles. The zero-order valence-corrected chi connectivity index (χ0v) is 18.6. The number of thiophene rings is 1. The smallest absolute Gasteiger partial charge is 0.313 e. The molecule has 0 amide bonds. The highest BCUT2D eigenvalue weighted by molar-refractivity contribution is 9.10. The molecule has 142 valence electrons. The third kappa shape index (κ3) is 3.74. The Labute approximate surface area is 182 Å². The van der Waals surface area contributed by atoms with Crippen LogP contribution in [0, 0.1) is 0 Å². The molecule has 2 aromatic rings. The van der Waals surface area contributed by atoms with Crippen LogP contribution in [0.4, 0.5) is 0 Å². The molecule has 0 radical (unpaired) electrons. The second-order valence-electron chi connectivity index (χ2n) is 6.19. The summed E-state index contributed by atoms with van der Waals surface area (Å²) >= 11 is 18.8. The third-order valence-corrected chi connectivity index (χ3v) is 8.11. The third-order valence-electron chi connectivity index (χ3n) is 4.44. The monoisotopic (exact) mass is 505 g/mol. The van der Waals surface area contributed by atoms with Crippen LogP contribution in [0.25, 0.3) is 10.6 Å². The Morgan fingerprint density at radius 1 is 1.33 bits per heavy atom. The van der Waals surface area contributed by atoms with E-state index in [-0.39, 0.29) is 16.5 Å². The van der Waals surface area contributed by atoms with E-state index >= 15 is 0 Å². The molecule has 5 nitrogen and oxygen atoms in total. The van der Waals surface area contributed by atoms with Gasteiger partial charge in [0.05, 0.1) is 16.5 Å². The van der Waals surface area contributed by atoms with Gasteiger partial charge < -0.3 is 5.11 Å². The SMILES string of the molecule is O=C(O)CSc1nnc(Br)n1-c1sc(C2=CC(Cl)C(Cl)C=C2)c2c1CCC2. The van der Waals surface area contributed by atoms with Gasteiger partial charge in [0.25, 0.3) is 0 Å². The number of nitrogens with zero attached hydrogens (tertiary/aromatic N) is 3. The molecule has 2 aliphatic rings. The van der Waals surface area contributed by atoms with Crippen LogP contribution >= 0.6 is 62.2 Å². The van der Waals surface area contributed by atoms with E-state index in [1.165, 1.54) is 16.0 Å². The average molecular weight is 507 g/mol. The summed E-state index contributed by atoms with van der Waals surface area (Å²) in [6, 6.07) is 0. The van der Waals surface area contributed by atoms with Crippen LogP contribution in [0.5, 0.6) is 0 Å². The van der Waals surface area contributed by atoms with Crippen molar-refractivity contribution in [3.63, 3.8) is 0 Å². The first-order valence-corrected chi connectivity index (χ1v) is 11.7. The van der Waals surface area contributed by atoms with Crippen molar-refractivity contribution in [3.8, 4) is 5.00 Å². The number of rotatable bonds is 5. The van der Waals surface area contributed by atoms with Crippen molar-refractivity contribution in [2.45, 2.75) is 35.2 Å². The topological polar surface area (TPSA) is 68.0 Å². The maximum absolute atomic E-state index is 11.0. The molecule has 2 unspecified atom stereocenters. The molecule has 0 bridgehead atoms. The van der Waals surface area contributed by atoms with E-state index in [0.717, 1.165) is 41.6 Å². The number of carboxylic acids is 1. The van der Waals surface area contributed by atoms with Crippen molar-refractivity contribution >= 4 is 73.8 Å². The fourth-order valence-electron chi connectivity index (χ4n) is 3.28. The van der Waals surface area contributed by atoms with Gasteiger partial charge in [-0.1, -0.05) is 30.0 Å². The minimum Gasteiger partial charge on any atom is -0.481 e. The summed E-state index contributed by atoms with van der Waals surface area (Å²) in [7, 11) is 0. The first-order valence-electron chi connectivity index (χ1n) is 8.24. The van der Waals surface area contributed by atoms with Gasteiger partial charge in [-0.25, -0.2) is 0 Å². The number of carbonyl (C=O) groups is 1. The summed E-state index contributed by atoms with van der Waals surface area (Å²) < 4.78 is 2.48. The molecule has 10 heteroatoms. The molecule has 0 saturated heterocycles. The summed E-state index contributed by atoms with van der Waals surface area (Å²) in [5.74, 6) is -0.950. The number of aliphatic carboxylic acids is 1. The van der Waals surface area contributed by atoms with Gasteiger partial charge in [-0.15, -0.1) is 44.7 Å². The van der Waals surface area contributed by atoms with Gasteiger partial charge in [0, 0.05) is 4.88 Å². The Hall–Kier alpha value is -0.800. The molecule has 2 atom stereocenters. The van der Waals surface area contributed by atoms with Crippen molar-refractivity contribution in [1.82, 2.24) is 14.8 Å². The number of alkyl halides is 2. The molecule has 1 N–H and O–H groups in total. The Kier molecular flexibility index (Phi) is 5.72. The van der Waals surface area contributed by atoms with Crippen molar-refractivity contribution in [2.24, 2.45) is 0 Å². The van der Waals surface area contributed by atoms with Crippen LogP contribution in [0.1, 0.15) is 22.4 Å². The molecule has 0 fully saturated rings. The molecule has 2 aliphatic carbocycles. The van der Waals surface area contributed by atoms with Crippen molar-refractivity contribution in [2.75, 3.05) is 5.75 Å². The fraction of sp³-hybridized carbons (Fsp3) is 0.353. The highest BCUT2D eigenvalue weighted by Crippen LogP contribution is 2.44. The quantitative estimate of drug-likeness (QED) is 0.460. The van der Waals surface area contributed by atoms with E-state index in [0.29, 0.717) is 9.89 Å². The minimum absolute atomic E-state index is 0.0650. The van der Waals surface area contributed by atoms with E-state index in [1.807, 2.05) is 22.8 Å². The lowest BCUT2D eigenvalue weighted by atomic mass is 10.0. The lowest BCUT2D eigenvalue weighted by Gasteiger charge is -2.15. The zero-order chi connectivity index (χ0) is 19.1. The van der Waals surface area contributed by atoms with Crippen molar-refractivity contribution in [1.29, 1.82) is 0 Å². The molecule has 4 rings (SSSR count). The number of fused-ring (bicyclic) bond motifs is 1. The second-order valence-corrected chi connectivity index (χ2v) is 9.85. The van der Waals surface area contributed by atoms with E-state index in [1.54, 1.807) is 11.3 Å². The van der Waals surface area contributed by atoms with Crippen LogP contribution in [0.15, 0.2) is 28.1 Å². The van der Waals surface area contributed by atoms with Crippen LogP contribution < -0.4 is 0 Å². The predicted molar refractivity (Wildman–Crippen MR) is 114 cm³/mol. The summed E-state index contributed by atoms with van der Waals surface area (Å²) in [6.45, 7) is 0. The highest BCUT2D eigenvalue weighted by Gasteiger charge is 2.29. The Balaban J connectivity index is 1.79. The zero-order valence-electron chi connectivity index (χ0n) is 13.9. The number of aromatic nitrogens is 3. The first kappa shape index (κ1) is 19.5. The molecule has 2 heterocycles. The molecule has 0 saturated carbocycles. The molecule has 27 heavy (non-hydrogen) atoms. The first-order chi connectivity index (χ1) is 13.0. The summed E-state index contributed by atoms with van der Waals surface area (Å²) in [5.41, 5.74) is 3.70. The molecule has 0 spiro atoms. The lowest BCUT2D eigenvalue weighted by Crippen LogP contribution is -2.12. The van der Waals surface area contributed by atoms with Gasteiger partial charge in [0.2, 0.25) is 4.73 Å². The summed E-state index contributed by atoms with van der Waals surface area (Å²) in [5, 5.41) is 18.4. The van der Waals surface area contributed by atoms with Gasteiger partial charge in [0.1, 0.15) is 5.00 Å². The fourth-order valence-corrected chi connectivity index (χ4v) is 6.43. The van der Waals surface area contributed by atoms with Crippen LogP contribution in [-0.2, 0) is 17.6 Å². The molecular weight excluding hydrogens is 493 g/mol. The van der Waals surface area contributed by atoms with Gasteiger partial charge in [-0.2, -0.15) is 0 Å². The van der Waals surface area contributed by atoms with Crippen LogP contribution in [0.2, 0.25) is 0 Å². The predicted octanol–water partition coefficient (Wildman–Crippen LogP) is 4.92. The van der Waals surface area contributed by atoms with Crippen LogP contribution in [-0.4, -0.2) is 42.3 Å². The van der Waals surface area contributed by atoms with E-state index in [4.69, 9.17) is 28.3 Å². The van der Waals surface area contributed by atoms with Gasteiger partial charge in [-0.05, 0) is 51.9 Å². The van der Waals surface area contributed by atoms with Crippen molar-refractivity contribution in [3.05, 3.63) is 39.0 Å². The Bertz CT molecular complexity index is 970. The lowest BCUT2D eigenvalue weighted by molar-refractivity contribution is -0.133. The standard InChI is InChI=1S/C17H14BrCl2N3O2S2/c18-16-21-22-17(26-7-13(24)25)23(16)15-10-3-1-2-9(10)14(27-15)8-4-5-11(19)12(20)6-8/h4-6,11-12H,1-3,7H2,(H,24,25). The van der Waals surface area contributed by atoms with Gasteiger partial charge >= 0.3 is 5.97 Å². The average Bonchev–Trinajstić information content (AvgIpc) is 3.31. The maximum Gasteiger partial charge on any atom is 0.313 e. The van der Waals surface area contributed by atoms with Crippen LogP contribution in [0.3, 0.4) is 0 Å². The number of carboxylic acid groups (broad SMARTS) is 1. The van der Waals surface area contributed by atoms with E-state index in [2.05, 4.69) is 26.1 Å². The minimum atomic E-state index is -0.885. The number of hydrogen-bond donors (Lipinski definition) is 1. The van der Waals surface area contributed by atoms with Gasteiger partial charge in [-0.3, -0.25) is 9.36 Å². The maximum atomic E-state index is 11.0. The number of hydrogen-bond acceptors (Lipinski definition) is 5. The second kappa shape index (κ2) is 7.91. The highest BCUT2D eigenvalue weighted by atomic mass is 79.9. The number of allylic oxidation sites excluding steroid dienone is 4. The summed E-state index contributed by atoms with van der Waals surface area (Å²) in [4.78, 5) is 12.1. The Morgan fingerprint density at radius 3 is 2.85 bits per heavy atom. The van der Waals surface area contributed by atoms with Crippen molar-refractivity contribution < 1.29 is 9.90 Å². The molecule has 2 aromatic heterocycles. The summed E-state index contributed by atoms with van der Waals surface area (Å²) in [6.07, 6.45) is 9.06. The molecular formula is C17H14BrCl2N3O2S2.